The first kappa shape index (κ1) is 57.2. The number of carbonyl (C=O) groups excluding carboxylic acids is 1. The van der Waals surface area contributed by atoms with E-state index in [9.17, 15) is 4.79 Å². The average Bonchev–Trinajstić information content (AvgIpc) is 3.66. The van der Waals surface area contributed by atoms with Crippen LogP contribution in [0.4, 0.5) is 4.79 Å². The van der Waals surface area contributed by atoms with Crippen LogP contribution in [0.2, 0.25) is 0 Å². The van der Waals surface area contributed by atoms with Crippen molar-refractivity contribution in [1.29, 1.82) is 0 Å². The molecule has 0 saturated carbocycles. The molecule has 376 valence electrons. The maximum Gasteiger partial charge on any atom is 0.407 e. The van der Waals surface area contributed by atoms with Gasteiger partial charge >= 0.3 is 6.09 Å². The zero-order chi connectivity index (χ0) is 46.7. The highest BCUT2D eigenvalue weighted by Gasteiger charge is 2.49. The molecule has 15 nitrogen and oxygen atoms in total. The van der Waals surface area contributed by atoms with Gasteiger partial charge in [0.1, 0.15) is 31.0 Å². The van der Waals surface area contributed by atoms with Crippen molar-refractivity contribution < 1.29 is 47.4 Å². The highest BCUT2D eigenvalue weighted by molar-refractivity contribution is 7.99. The van der Waals surface area contributed by atoms with E-state index in [0.717, 1.165) is 71.7 Å². The molecule has 4 rings (SSSR count). The van der Waals surface area contributed by atoms with Crippen molar-refractivity contribution in [3.8, 4) is 11.1 Å². The summed E-state index contributed by atoms with van der Waals surface area (Å²) in [7, 11) is 0. The van der Waals surface area contributed by atoms with Gasteiger partial charge in [0.25, 0.3) is 0 Å². The van der Waals surface area contributed by atoms with Crippen molar-refractivity contribution >= 4 is 53.1 Å². The highest BCUT2D eigenvalue weighted by Crippen LogP contribution is 2.44. The van der Waals surface area contributed by atoms with Crippen LogP contribution in [0, 0.1) is 0 Å². The number of alkyl carbamates (subject to hydrolysis) is 1. The van der Waals surface area contributed by atoms with Crippen LogP contribution in [-0.2, 0) is 42.6 Å². The molecule has 1 aliphatic heterocycles. The summed E-state index contributed by atoms with van der Waals surface area (Å²) in [6, 6.07) is 16.6. The van der Waals surface area contributed by atoms with Crippen LogP contribution in [0.1, 0.15) is 42.7 Å². The number of hydrogen-bond donors (Lipinski definition) is 5. The van der Waals surface area contributed by atoms with Crippen LogP contribution in [0.15, 0.2) is 48.5 Å². The fourth-order valence-corrected chi connectivity index (χ4v) is 10.3. The summed E-state index contributed by atoms with van der Waals surface area (Å²) in [5.41, 5.74) is 27.6. The molecule has 0 unspecified atom stereocenters. The summed E-state index contributed by atoms with van der Waals surface area (Å²) in [6.07, 6.45) is 0.392. The Labute approximate surface area is 411 Å². The minimum atomic E-state index is -0.740. The van der Waals surface area contributed by atoms with Crippen LogP contribution < -0.4 is 28.3 Å². The second-order valence-corrected chi connectivity index (χ2v) is 20.4. The molecule has 0 bridgehead atoms. The lowest BCUT2D eigenvalue weighted by Gasteiger charge is -2.46. The summed E-state index contributed by atoms with van der Waals surface area (Å²) in [6.45, 7) is 7.30. The summed E-state index contributed by atoms with van der Waals surface area (Å²) in [5.74, 6) is 7.47. The number of nitrogens with two attached hydrogens (primary N) is 4. The average molecular weight is 1000 g/mol. The normalized spacial score (nSPS) is 19.2. The first-order valence-corrected chi connectivity index (χ1v) is 28.3. The van der Waals surface area contributed by atoms with E-state index in [-0.39, 0.29) is 19.1 Å². The molecule has 9 N–H and O–H groups in total. The van der Waals surface area contributed by atoms with Gasteiger partial charge in [0.15, 0.2) is 6.29 Å². The molecule has 0 aromatic heterocycles. The quantitative estimate of drug-likeness (QED) is 0.0566. The third-order valence-electron chi connectivity index (χ3n) is 10.5. The van der Waals surface area contributed by atoms with E-state index < -0.39 is 36.8 Å². The van der Waals surface area contributed by atoms with Gasteiger partial charge < -0.3 is 70.9 Å². The zero-order valence-corrected chi connectivity index (χ0v) is 42.2. The fraction of sp³-hybridized carbons (Fsp3) is 0.723. The van der Waals surface area contributed by atoms with E-state index in [1.54, 1.807) is 0 Å². The highest BCUT2D eigenvalue weighted by atomic mass is 32.2. The summed E-state index contributed by atoms with van der Waals surface area (Å²) in [5, 5.41) is 2.79. The Morgan fingerprint density at radius 1 is 0.515 bits per heavy atom. The van der Waals surface area contributed by atoms with Crippen LogP contribution in [0.5, 0.6) is 0 Å². The molecule has 2 aromatic carbocycles. The number of nitrogens with one attached hydrogen (secondary N) is 1. The van der Waals surface area contributed by atoms with E-state index in [4.69, 9.17) is 65.6 Å². The molecular formula is C47H79N5O10S4. The van der Waals surface area contributed by atoms with E-state index in [0.29, 0.717) is 92.2 Å². The Hall–Kier alpha value is -1.37. The van der Waals surface area contributed by atoms with Crippen molar-refractivity contribution in [3.05, 3.63) is 59.7 Å². The third kappa shape index (κ3) is 22.2. The molecule has 1 heterocycles. The minimum absolute atomic E-state index is 0.00784. The van der Waals surface area contributed by atoms with Gasteiger partial charge in [-0.1, -0.05) is 48.5 Å². The zero-order valence-electron chi connectivity index (χ0n) is 38.9. The van der Waals surface area contributed by atoms with Crippen molar-refractivity contribution in [1.82, 2.24) is 5.32 Å². The smallest absolute Gasteiger partial charge is 0.407 e. The predicted octanol–water partition coefficient (Wildman–Crippen LogP) is 4.80. The monoisotopic (exact) mass is 1000 g/mol. The molecule has 0 spiro atoms. The van der Waals surface area contributed by atoms with Crippen molar-refractivity contribution in [2.45, 2.75) is 62.3 Å². The number of hydrogen-bond acceptors (Lipinski definition) is 18. The Balaban J connectivity index is 1.26. The molecule has 0 radical (unpaired) electrons. The Morgan fingerprint density at radius 2 is 1.00 bits per heavy atom. The van der Waals surface area contributed by atoms with E-state index in [1.807, 2.05) is 71.3 Å². The second kappa shape index (κ2) is 37.5. The van der Waals surface area contributed by atoms with Gasteiger partial charge in [0.05, 0.1) is 39.6 Å². The second-order valence-electron chi connectivity index (χ2n) is 15.5. The van der Waals surface area contributed by atoms with Gasteiger partial charge in [-0.15, -0.1) is 0 Å². The third-order valence-corrected chi connectivity index (χ3v) is 14.9. The summed E-state index contributed by atoms with van der Waals surface area (Å²) < 4.78 is 56.7. The van der Waals surface area contributed by atoms with Gasteiger partial charge in [-0.3, -0.25) is 0 Å². The molecule has 1 fully saturated rings. The summed E-state index contributed by atoms with van der Waals surface area (Å²) >= 11 is 7.29. The molecule has 5 atom stereocenters. The number of thioether (sulfide) groups is 4. The SMILES string of the molecule is NCCSCCCOC[C@H]1O[C@@H](OCCOCCOCCNC(=O)OCC2c3ccccc3-c3ccccc32)[C@H](OCCCSCCN)[C@@H](OCCCSCCN)[C@@H]1OCCCSCCN. The van der Waals surface area contributed by atoms with Gasteiger partial charge in [-0.2, -0.15) is 47.0 Å². The number of ether oxygens (including phenoxy) is 9. The van der Waals surface area contributed by atoms with Crippen molar-refractivity contribution in [2.24, 2.45) is 22.9 Å². The van der Waals surface area contributed by atoms with Crippen LogP contribution >= 0.6 is 47.0 Å². The van der Waals surface area contributed by atoms with Crippen molar-refractivity contribution in [3.63, 3.8) is 0 Å². The van der Waals surface area contributed by atoms with E-state index in [2.05, 4.69) is 29.6 Å². The molecule has 1 aliphatic carbocycles. The maximum atomic E-state index is 12.6. The van der Waals surface area contributed by atoms with Gasteiger partial charge in [0, 0.05) is 88.1 Å². The van der Waals surface area contributed by atoms with Crippen LogP contribution in [0.3, 0.4) is 0 Å². The number of benzene rings is 2. The first-order valence-electron chi connectivity index (χ1n) is 23.7. The first-order chi connectivity index (χ1) is 32.6. The molecule has 2 aromatic rings. The minimum Gasteiger partial charge on any atom is -0.449 e. The Bertz CT molecular complexity index is 1490. The van der Waals surface area contributed by atoms with Crippen LogP contribution in [0.25, 0.3) is 11.1 Å². The molecule has 1 amide bonds. The fourth-order valence-electron chi connectivity index (χ4n) is 7.48. The Kier molecular flexibility index (Phi) is 32.5. The maximum absolute atomic E-state index is 12.6. The summed E-state index contributed by atoms with van der Waals surface area (Å²) in [4.78, 5) is 12.6. The van der Waals surface area contributed by atoms with Gasteiger partial charge in [-0.05, 0) is 70.9 Å². The number of rotatable bonds is 41. The lowest BCUT2D eigenvalue weighted by molar-refractivity contribution is -0.324. The number of fused-ring (bicyclic) bond motifs is 3. The standard InChI is InChI=1S/C47H79N5O10S4/c48-13-31-63-27-5-18-56-36-42-43(57-19-6-28-64-32-14-49)44(58-20-7-29-65-33-15-50)45(59-21-8-30-66-34-16-51)46(62-42)60-26-25-55-24-23-54-22-17-52-47(53)61-35-41-39-11-3-1-9-37(39)38-10-2-4-12-40(38)41/h1-4,9-12,41-46H,5-8,13-36,48-51H2,(H,52,53)/t42-,43-,44+,45-,46-/m1/s1. The number of carbonyl (C=O) groups is 1. The molecule has 19 heteroatoms. The van der Waals surface area contributed by atoms with E-state index >= 15 is 0 Å². The van der Waals surface area contributed by atoms with Crippen molar-refractivity contribution in [2.75, 3.05) is 151 Å². The largest absolute Gasteiger partial charge is 0.449 e. The predicted molar refractivity (Wildman–Crippen MR) is 273 cm³/mol. The van der Waals surface area contributed by atoms with Gasteiger partial charge in [0.2, 0.25) is 0 Å². The molecule has 1 saturated heterocycles. The topological polar surface area (TPSA) is 216 Å². The lowest BCUT2D eigenvalue weighted by atomic mass is 9.98. The van der Waals surface area contributed by atoms with Gasteiger partial charge in [-0.25, -0.2) is 4.79 Å². The number of amides is 1. The Morgan fingerprint density at radius 3 is 1.56 bits per heavy atom. The van der Waals surface area contributed by atoms with Crippen LogP contribution in [-0.4, -0.2) is 188 Å². The lowest BCUT2D eigenvalue weighted by Crippen LogP contribution is -2.62. The van der Waals surface area contributed by atoms with E-state index in [1.165, 1.54) is 22.3 Å². The molecule has 2 aliphatic rings. The molecule has 66 heavy (non-hydrogen) atoms. The molecular weight excluding hydrogens is 923 g/mol.